The number of ketones is 1. The Hall–Kier alpha value is -2.96. The number of amides is 1. The lowest BCUT2D eigenvalue weighted by molar-refractivity contribution is -0.123. The zero-order valence-corrected chi connectivity index (χ0v) is 15.4. The lowest BCUT2D eigenvalue weighted by Gasteiger charge is -2.15. The van der Waals surface area contributed by atoms with Gasteiger partial charge in [-0.3, -0.25) is 9.59 Å². The van der Waals surface area contributed by atoms with E-state index in [9.17, 15) is 9.59 Å². The fourth-order valence-corrected chi connectivity index (χ4v) is 3.25. The summed E-state index contributed by atoms with van der Waals surface area (Å²) in [4.78, 5) is 28.9. The number of para-hydroxylation sites is 1. The van der Waals surface area contributed by atoms with Crippen LogP contribution in [0.15, 0.2) is 35.0 Å². The second kappa shape index (κ2) is 6.98. The molecule has 1 aromatic carbocycles. The summed E-state index contributed by atoms with van der Waals surface area (Å²) in [6.07, 6.45) is 4.51. The monoisotopic (exact) mass is 366 g/mol. The average molecular weight is 366 g/mol. The van der Waals surface area contributed by atoms with Gasteiger partial charge in [-0.05, 0) is 32.8 Å². The Morgan fingerprint density at radius 1 is 1.33 bits per heavy atom. The van der Waals surface area contributed by atoms with Crippen LogP contribution in [-0.4, -0.2) is 32.9 Å². The molecule has 1 fully saturated rings. The van der Waals surface area contributed by atoms with Gasteiger partial charge >= 0.3 is 0 Å². The molecule has 140 valence electrons. The Balaban J connectivity index is 1.42. The number of nitrogens with one attached hydrogen (secondary N) is 1. The fraction of sp³-hybridized carbons (Fsp3) is 0.400. The van der Waals surface area contributed by atoms with Crippen LogP contribution in [0.4, 0.5) is 0 Å². The van der Waals surface area contributed by atoms with E-state index in [0.29, 0.717) is 30.3 Å². The Morgan fingerprint density at radius 2 is 2.11 bits per heavy atom. The normalized spacial score (nSPS) is 15.0. The topological polar surface area (TPSA) is 90.0 Å². The van der Waals surface area contributed by atoms with Crippen molar-refractivity contribution in [1.29, 1.82) is 0 Å². The van der Waals surface area contributed by atoms with Crippen molar-refractivity contribution in [3.8, 4) is 0 Å². The SMILES string of the molecule is CC(=O)c1cn([C@H](C)C(=O)NCCc2nc(C3CC3)no2)c2ccccc12. The summed E-state index contributed by atoms with van der Waals surface area (Å²) in [5, 5.41) is 7.76. The van der Waals surface area contributed by atoms with Crippen molar-refractivity contribution in [2.24, 2.45) is 0 Å². The van der Waals surface area contributed by atoms with Gasteiger partial charge in [0.15, 0.2) is 11.6 Å². The number of fused-ring (bicyclic) bond motifs is 1. The molecule has 27 heavy (non-hydrogen) atoms. The summed E-state index contributed by atoms with van der Waals surface area (Å²) >= 11 is 0. The lowest BCUT2D eigenvalue weighted by Crippen LogP contribution is -2.32. The van der Waals surface area contributed by atoms with Crippen LogP contribution in [0.25, 0.3) is 10.9 Å². The van der Waals surface area contributed by atoms with Gasteiger partial charge in [0.25, 0.3) is 0 Å². The summed E-state index contributed by atoms with van der Waals surface area (Å²) in [5.74, 6) is 1.65. The highest BCUT2D eigenvalue weighted by molar-refractivity contribution is 6.07. The number of nitrogens with zero attached hydrogens (tertiary/aromatic N) is 3. The predicted octanol–water partition coefficient (Wildman–Crippen LogP) is 3.02. The lowest BCUT2D eigenvalue weighted by atomic mass is 10.1. The maximum Gasteiger partial charge on any atom is 0.242 e. The van der Waals surface area contributed by atoms with Crippen LogP contribution in [0, 0.1) is 0 Å². The van der Waals surface area contributed by atoms with Gasteiger partial charge in [0.1, 0.15) is 6.04 Å². The smallest absolute Gasteiger partial charge is 0.242 e. The van der Waals surface area contributed by atoms with Crippen LogP contribution in [-0.2, 0) is 11.2 Å². The molecule has 0 unspecified atom stereocenters. The minimum Gasteiger partial charge on any atom is -0.354 e. The van der Waals surface area contributed by atoms with Crippen molar-refractivity contribution in [2.45, 2.75) is 45.1 Å². The Bertz CT molecular complexity index is 1000. The van der Waals surface area contributed by atoms with E-state index in [1.807, 2.05) is 35.8 Å². The van der Waals surface area contributed by atoms with Crippen molar-refractivity contribution < 1.29 is 14.1 Å². The average Bonchev–Trinajstić information content (AvgIpc) is 3.27. The minimum atomic E-state index is -0.437. The number of benzene rings is 1. The minimum absolute atomic E-state index is 0.0135. The first-order chi connectivity index (χ1) is 13.0. The van der Waals surface area contributed by atoms with Gasteiger partial charge in [0.2, 0.25) is 11.8 Å². The van der Waals surface area contributed by atoms with E-state index in [-0.39, 0.29) is 11.7 Å². The van der Waals surface area contributed by atoms with Gasteiger partial charge in [-0.2, -0.15) is 4.98 Å². The molecule has 2 aromatic heterocycles. The number of carbonyl (C=O) groups excluding carboxylic acids is 2. The van der Waals surface area contributed by atoms with E-state index in [2.05, 4.69) is 15.5 Å². The molecule has 1 saturated carbocycles. The van der Waals surface area contributed by atoms with E-state index in [1.165, 1.54) is 6.92 Å². The van der Waals surface area contributed by atoms with Crippen molar-refractivity contribution in [2.75, 3.05) is 6.54 Å². The quantitative estimate of drug-likeness (QED) is 0.649. The molecule has 1 amide bonds. The highest BCUT2D eigenvalue weighted by atomic mass is 16.5. The number of rotatable bonds is 7. The molecular weight excluding hydrogens is 344 g/mol. The molecule has 4 rings (SSSR count). The summed E-state index contributed by atoms with van der Waals surface area (Å²) in [7, 11) is 0. The number of carbonyl (C=O) groups is 2. The third-order valence-electron chi connectivity index (χ3n) is 4.98. The fourth-order valence-electron chi connectivity index (χ4n) is 3.25. The summed E-state index contributed by atoms with van der Waals surface area (Å²) in [6, 6.07) is 7.18. The van der Waals surface area contributed by atoms with Crippen molar-refractivity contribution in [1.82, 2.24) is 20.0 Å². The van der Waals surface area contributed by atoms with Crippen LogP contribution in [0.2, 0.25) is 0 Å². The highest BCUT2D eigenvalue weighted by Gasteiger charge is 2.28. The second-order valence-electron chi connectivity index (χ2n) is 7.06. The van der Waals surface area contributed by atoms with Gasteiger partial charge in [-0.25, -0.2) is 0 Å². The summed E-state index contributed by atoms with van der Waals surface area (Å²) in [6.45, 7) is 3.79. The van der Waals surface area contributed by atoms with Crippen LogP contribution in [0.5, 0.6) is 0 Å². The maximum absolute atomic E-state index is 12.6. The van der Waals surface area contributed by atoms with E-state index < -0.39 is 6.04 Å². The molecule has 1 aliphatic rings. The van der Waals surface area contributed by atoms with E-state index in [1.54, 1.807) is 6.20 Å². The Labute approximate surface area is 156 Å². The number of aromatic nitrogens is 3. The van der Waals surface area contributed by atoms with Crippen molar-refractivity contribution in [3.05, 3.63) is 47.7 Å². The molecule has 1 atom stereocenters. The molecule has 3 aromatic rings. The number of hydrogen-bond donors (Lipinski definition) is 1. The summed E-state index contributed by atoms with van der Waals surface area (Å²) in [5.41, 5.74) is 1.50. The third kappa shape index (κ3) is 3.49. The molecule has 1 N–H and O–H groups in total. The first-order valence-corrected chi connectivity index (χ1v) is 9.25. The first-order valence-electron chi connectivity index (χ1n) is 9.25. The molecule has 2 heterocycles. The molecule has 0 spiro atoms. The standard InChI is InChI=1S/C20H22N4O3/c1-12(24-11-16(13(2)25)15-5-3-4-6-17(15)24)20(26)21-10-9-18-22-19(23-27-18)14-7-8-14/h3-6,11-12,14H,7-10H2,1-2H3,(H,21,26)/t12-/m1/s1. The molecule has 1 aliphatic carbocycles. The number of Topliss-reactive ketones (excluding diaryl/α,β-unsaturated/α-hetero) is 1. The van der Waals surface area contributed by atoms with Gasteiger partial charge in [-0.15, -0.1) is 0 Å². The van der Waals surface area contributed by atoms with Crippen molar-refractivity contribution >= 4 is 22.6 Å². The predicted molar refractivity (Wildman–Crippen MR) is 99.6 cm³/mol. The second-order valence-corrected chi connectivity index (χ2v) is 7.06. The number of hydrogen-bond acceptors (Lipinski definition) is 5. The molecule has 0 bridgehead atoms. The Morgan fingerprint density at radius 3 is 2.85 bits per heavy atom. The molecule has 0 saturated heterocycles. The Kier molecular flexibility index (Phi) is 4.51. The van der Waals surface area contributed by atoms with E-state index in [4.69, 9.17) is 4.52 Å². The largest absolute Gasteiger partial charge is 0.354 e. The van der Waals surface area contributed by atoms with Gasteiger partial charge in [-0.1, -0.05) is 23.4 Å². The van der Waals surface area contributed by atoms with Gasteiger partial charge in [0.05, 0.1) is 0 Å². The van der Waals surface area contributed by atoms with E-state index in [0.717, 1.165) is 29.6 Å². The molecule has 0 aliphatic heterocycles. The zero-order chi connectivity index (χ0) is 19.0. The van der Waals surface area contributed by atoms with Crippen molar-refractivity contribution in [3.63, 3.8) is 0 Å². The van der Waals surface area contributed by atoms with Crippen LogP contribution < -0.4 is 5.32 Å². The van der Waals surface area contributed by atoms with Gasteiger partial charge in [0, 0.05) is 41.5 Å². The van der Waals surface area contributed by atoms with Gasteiger partial charge < -0.3 is 14.4 Å². The summed E-state index contributed by atoms with van der Waals surface area (Å²) < 4.78 is 7.07. The van der Waals surface area contributed by atoms with Crippen LogP contribution >= 0.6 is 0 Å². The molecule has 7 heteroatoms. The highest BCUT2D eigenvalue weighted by Crippen LogP contribution is 2.38. The van der Waals surface area contributed by atoms with E-state index >= 15 is 0 Å². The first kappa shape index (κ1) is 17.5. The maximum atomic E-state index is 12.6. The van der Waals surface area contributed by atoms with Crippen LogP contribution in [0.3, 0.4) is 0 Å². The third-order valence-corrected chi connectivity index (χ3v) is 4.98. The molecule has 7 nitrogen and oxygen atoms in total. The molecule has 0 radical (unpaired) electrons. The molecular formula is C20H22N4O3. The zero-order valence-electron chi connectivity index (χ0n) is 15.4. The van der Waals surface area contributed by atoms with Crippen LogP contribution in [0.1, 0.15) is 60.7 Å².